The predicted molar refractivity (Wildman–Crippen MR) is 148 cm³/mol. The van der Waals surface area contributed by atoms with E-state index in [0.29, 0.717) is 12.0 Å². The Hall–Kier alpha value is -2.45. The van der Waals surface area contributed by atoms with Crippen molar-refractivity contribution in [3.8, 4) is 0 Å². The third-order valence-corrected chi connectivity index (χ3v) is 9.56. The standard InChI is InChI=1S/C31H42N4O3/c1-22-18-23(7-8-24(22)20-34-14-9-31(10-15-34)11-16-38-17-12-31)19-33-27-5-2-4-25-26(27)21-35(30(25)37)28-6-3-13-32-29(28)36/h2,4-5,7-8,18,28,30,33,37H,3,6,9-17,19-21H2,1H3,(H,32,36). The molecule has 4 heterocycles. The van der Waals surface area contributed by atoms with E-state index in [1.165, 1.54) is 55.5 Å². The van der Waals surface area contributed by atoms with Crippen LogP contribution in [-0.2, 0) is 29.2 Å². The number of hydrogen-bond acceptors (Lipinski definition) is 6. The van der Waals surface area contributed by atoms with Gasteiger partial charge in [0.25, 0.3) is 0 Å². The number of ether oxygens (including phenoxy) is 1. The maximum Gasteiger partial charge on any atom is 0.237 e. The van der Waals surface area contributed by atoms with Gasteiger partial charge < -0.3 is 20.5 Å². The van der Waals surface area contributed by atoms with Crippen LogP contribution >= 0.6 is 0 Å². The number of benzene rings is 2. The summed E-state index contributed by atoms with van der Waals surface area (Å²) in [6.07, 6.45) is 6.08. The number of aryl methyl sites for hydroxylation is 1. The highest BCUT2D eigenvalue weighted by Crippen LogP contribution is 2.41. The fourth-order valence-electron chi connectivity index (χ4n) is 6.96. The minimum Gasteiger partial charge on any atom is -0.381 e. The number of rotatable bonds is 6. The van der Waals surface area contributed by atoms with E-state index in [0.717, 1.165) is 62.5 Å². The summed E-state index contributed by atoms with van der Waals surface area (Å²) >= 11 is 0. The molecule has 2 unspecified atom stereocenters. The van der Waals surface area contributed by atoms with Gasteiger partial charge in [-0.3, -0.25) is 14.6 Å². The average Bonchev–Trinajstić information content (AvgIpc) is 3.27. The van der Waals surface area contributed by atoms with Gasteiger partial charge in [-0.2, -0.15) is 0 Å². The van der Waals surface area contributed by atoms with Crippen molar-refractivity contribution in [1.29, 1.82) is 0 Å². The van der Waals surface area contributed by atoms with E-state index in [4.69, 9.17) is 4.74 Å². The lowest BCUT2D eigenvalue weighted by Gasteiger charge is -2.44. The van der Waals surface area contributed by atoms with Gasteiger partial charge in [-0.25, -0.2) is 0 Å². The van der Waals surface area contributed by atoms with Crippen LogP contribution in [0, 0.1) is 12.3 Å². The third-order valence-electron chi connectivity index (χ3n) is 9.56. The molecular formula is C31H42N4O3. The Labute approximate surface area is 226 Å². The Morgan fingerprint density at radius 1 is 1.13 bits per heavy atom. The number of amides is 1. The highest BCUT2D eigenvalue weighted by Gasteiger charge is 2.39. The van der Waals surface area contributed by atoms with Gasteiger partial charge in [-0.1, -0.05) is 30.3 Å². The van der Waals surface area contributed by atoms with E-state index in [2.05, 4.69) is 46.7 Å². The number of aliphatic hydroxyl groups is 1. The largest absolute Gasteiger partial charge is 0.381 e. The summed E-state index contributed by atoms with van der Waals surface area (Å²) in [4.78, 5) is 17.0. The maximum atomic E-state index is 12.4. The Morgan fingerprint density at radius 3 is 2.71 bits per heavy atom. The molecule has 204 valence electrons. The topological polar surface area (TPSA) is 77.1 Å². The molecule has 38 heavy (non-hydrogen) atoms. The number of piperidine rings is 2. The summed E-state index contributed by atoms with van der Waals surface area (Å²) in [5.41, 5.74) is 7.60. The van der Waals surface area contributed by atoms with Crippen LogP contribution in [-0.4, -0.2) is 59.7 Å². The molecule has 3 fully saturated rings. The molecule has 7 nitrogen and oxygen atoms in total. The zero-order valence-electron chi connectivity index (χ0n) is 22.7. The first-order valence-electron chi connectivity index (χ1n) is 14.5. The van der Waals surface area contributed by atoms with Gasteiger partial charge >= 0.3 is 0 Å². The summed E-state index contributed by atoms with van der Waals surface area (Å²) < 4.78 is 5.61. The number of aliphatic hydroxyl groups excluding tert-OH is 1. The lowest BCUT2D eigenvalue weighted by molar-refractivity contribution is -0.133. The molecule has 1 spiro atoms. The van der Waals surface area contributed by atoms with Crippen molar-refractivity contribution in [3.05, 3.63) is 64.2 Å². The molecule has 7 heteroatoms. The lowest BCUT2D eigenvalue weighted by Crippen LogP contribution is -2.49. The predicted octanol–water partition coefficient (Wildman–Crippen LogP) is 4.08. The van der Waals surface area contributed by atoms with Crippen molar-refractivity contribution in [2.75, 3.05) is 38.2 Å². The fourth-order valence-corrected chi connectivity index (χ4v) is 6.96. The lowest BCUT2D eigenvalue weighted by atomic mass is 9.72. The minimum absolute atomic E-state index is 0.0285. The summed E-state index contributed by atoms with van der Waals surface area (Å²) in [6, 6.07) is 12.6. The van der Waals surface area contributed by atoms with Gasteiger partial charge in [-0.05, 0) is 92.3 Å². The molecular weight excluding hydrogens is 476 g/mol. The summed E-state index contributed by atoms with van der Waals surface area (Å²) in [5.74, 6) is 0.0285. The molecule has 1 amide bonds. The molecule has 4 aliphatic rings. The van der Waals surface area contributed by atoms with Gasteiger partial charge in [0, 0.05) is 50.6 Å². The normalized spacial score (nSPS) is 25.8. The number of anilines is 1. The maximum absolute atomic E-state index is 12.4. The Morgan fingerprint density at radius 2 is 1.95 bits per heavy atom. The van der Waals surface area contributed by atoms with Gasteiger partial charge in [0.05, 0.1) is 6.04 Å². The van der Waals surface area contributed by atoms with E-state index in [9.17, 15) is 9.90 Å². The molecule has 3 N–H and O–H groups in total. The highest BCUT2D eigenvalue weighted by atomic mass is 16.5. The van der Waals surface area contributed by atoms with Crippen LogP contribution in [0.2, 0.25) is 0 Å². The first kappa shape index (κ1) is 25.8. The Kier molecular flexibility index (Phi) is 7.45. The summed E-state index contributed by atoms with van der Waals surface area (Å²) in [7, 11) is 0. The second kappa shape index (κ2) is 11.0. The van der Waals surface area contributed by atoms with Crippen molar-refractivity contribution in [3.63, 3.8) is 0 Å². The zero-order valence-corrected chi connectivity index (χ0v) is 22.7. The summed E-state index contributed by atoms with van der Waals surface area (Å²) in [5, 5.41) is 17.6. The van der Waals surface area contributed by atoms with Crippen LogP contribution in [0.15, 0.2) is 36.4 Å². The molecule has 0 saturated carbocycles. The van der Waals surface area contributed by atoms with Gasteiger partial charge in [0.2, 0.25) is 5.91 Å². The van der Waals surface area contributed by atoms with Crippen molar-refractivity contribution in [1.82, 2.24) is 15.1 Å². The second-order valence-corrected chi connectivity index (χ2v) is 11.9. The first-order chi connectivity index (χ1) is 18.5. The van der Waals surface area contributed by atoms with Gasteiger partial charge in [0.1, 0.15) is 6.23 Å². The Bertz CT molecular complexity index is 1150. The third kappa shape index (κ3) is 5.22. The molecule has 2 aromatic rings. The van der Waals surface area contributed by atoms with E-state index in [1.807, 2.05) is 17.0 Å². The number of nitrogens with zero attached hydrogens (tertiary/aromatic N) is 2. The molecule has 0 radical (unpaired) electrons. The van der Waals surface area contributed by atoms with Crippen LogP contribution < -0.4 is 10.6 Å². The minimum atomic E-state index is -0.738. The number of fused-ring (bicyclic) bond motifs is 1. The number of nitrogens with one attached hydrogen (secondary N) is 2. The molecule has 4 aliphatic heterocycles. The van der Waals surface area contributed by atoms with Crippen LogP contribution in [0.5, 0.6) is 0 Å². The molecule has 3 saturated heterocycles. The smallest absolute Gasteiger partial charge is 0.237 e. The van der Waals surface area contributed by atoms with Crippen LogP contribution in [0.25, 0.3) is 0 Å². The van der Waals surface area contributed by atoms with Crippen molar-refractivity contribution in [2.45, 2.75) is 77.4 Å². The van der Waals surface area contributed by atoms with Gasteiger partial charge in [-0.15, -0.1) is 0 Å². The number of hydrogen-bond donors (Lipinski definition) is 3. The van der Waals surface area contributed by atoms with Crippen molar-refractivity contribution >= 4 is 11.6 Å². The van der Waals surface area contributed by atoms with E-state index >= 15 is 0 Å². The van der Waals surface area contributed by atoms with E-state index < -0.39 is 6.23 Å². The number of likely N-dealkylation sites (tertiary alicyclic amines) is 1. The molecule has 2 aromatic carbocycles. The molecule has 0 bridgehead atoms. The number of carbonyl (C=O) groups is 1. The number of carbonyl (C=O) groups excluding carboxylic acids is 1. The molecule has 0 aliphatic carbocycles. The zero-order chi connectivity index (χ0) is 26.1. The van der Waals surface area contributed by atoms with Crippen LogP contribution in [0.1, 0.15) is 72.6 Å². The molecule has 6 rings (SSSR count). The molecule has 2 atom stereocenters. The first-order valence-corrected chi connectivity index (χ1v) is 14.5. The molecule has 0 aromatic heterocycles. The summed E-state index contributed by atoms with van der Waals surface area (Å²) in [6.45, 7) is 9.55. The quantitative estimate of drug-likeness (QED) is 0.535. The van der Waals surface area contributed by atoms with Crippen LogP contribution in [0.3, 0.4) is 0 Å². The average molecular weight is 519 g/mol. The van der Waals surface area contributed by atoms with Crippen molar-refractivity contribution < 1.29 is 14.6 Å². The monoisotopic (exact) mass is 518 g/mol. The SMILES string of the molecule is Cc1cc(CNc2cccc3c2CN(C2CCCNC2=O)C3O)ccc1CN1CCC2(CCOCC2)CC1. The van der Waals surface area contributed by atoms with Gasteiger partial charge in [0.15, 0.2) is 0 Å². The Balaban J connectivity index is 1.06. The second-order valence-electron chi connectivity index (χ2n) is 11.9. The van der Waals surface area contributed by atoms with E-state index in [-0.39, 0.29) is 11.9 Å². The fraction of sp³-hybridized carbons (Fsp3) is 0.581. The van der Waals surface area contributed by atoms with Crippen molar-refractivity contribution in [2.24, 2.45) is 5.41 Å². The van der Waals surface area contributed by atoms with Crippen LogP contribution in [0.4, 0.5) is 5.69 Å². The highest BCUT2D eigenvalue weighted by molar-refractivity contribution is 5.82. The van der Waals surface area contributed by atoms with E-state index in [1.54, 1.807) is 0 Å².